The normalized spacial score (nSPS) is 26.5. The van der Waals surface area contributed by atoms with Crippen molar-refractivity contribution in [3.8, 4) is 0 Å². The Morgan fingerprint density at radius 2 is 2.16 bits per heavy atom. The molecule has 1 aliphatic heterocycles. The van der Waals surface area contributed by atoms with Gasteiger partial charge in [0, 0.05) is 6.42 Å². The van der Waals surface area contributed by atoms with Crippen molar-refractivity contribution in [3.05, 3.63) is 35.9 Å². The van der Waals surface area contributed by atoms with E-state index in [-0.39, 0.29) is 18.7 Å². The van der Waals surface area contributed by atoms with Gasteiger partial charge in [-0.3, -0.25) is 4.79 Å². The first kappa shape index (κ1) is 14.2. The van der Waals surface area contributed by atoms with Crippen molar-refractivity contribution in [2.24, 2.45) is 0 Å². The number of ketones is 1. The number of Topliss-reactive ketones (excluding diaryl/α,β-unsaturated/α-hetero) is 1. The summed E-state index contributed by atoms with van der Waals surface area (Å²) < 4.78 is 16.7. The molecule has 0 amide bonds. The second-order valence-corrected chi connectivity index (χ2v) is 5.01. The molecular formula is C15H20O4. The van der Waals surface area contributed by atoms with Crippen LogP contribution in [0, 0.1) is 0 Å². The molecule has 2 rings (SSSR count). The lowest BCUT2D eigenvalue weighted by molar-refractivity contribution is -0.213. The van der Waals surface area contributed by atoms with Gasteiger partial charge in [0.1, 0.15) is 13.2 Å². The monoisotopic (exact) mass is 264 g/mol. The summed E-state index contributed by atoms with van der Waals surface area (Å²) in [6.45, 7) is 3.72. The molecule has 1 aliphatic rings. The van der Waals surface area contributed by atoms with Gasteiger partial charge in [-0.25, -0.2) is 0 Å². The van der Waals surface area contributed by atoms with Gasteiger partial charge in [-0.05, 0) is 25.8 Å². The molecule has 0 unspecified atom stereocenters. The van der Waals surface area contributed by atoms with Crippen LogP contribution in [0.2, 0.25) is 0 Å². The summed E-state index contributed by atoms with van der Waals surface area (Å²) >= 11 is 0. The molecule has 4 heteroatoms. The van der Waals surface area contributed by atoms with E-state index in [0.717, 1.165) is 12.8 Å². The molecule has 0 bridgehead atoms. The zero-order valence-electron chi connectivity index (χ0n) is 11.4. The van der Waals surface area contributed by atoms with E-state index < -0.39 is 5.79 Å². The van der Waals surface area contributed by atoms with Crippen LogP contribution in [0.25, 0.3) is 0 Å². The molecule has 104 valence electrons. The van der Waals surface area contributed by atoms with Gasteiger partial charge in [0.05, 0.1) is 0 Å². The Bertz CT molecular complexity index is 417. The molecule has 4 nitrogen and oxygen atoms in total. The third-order valence-corrected chi connectivity index (χ3v) is 3.00. The number of benzene rings is 1. The van der Waals surface area contributed by atoms with Gasteiger partial charge in [-0.15, -0.1) is 0 Å². The van der Waals surface area contributed by atoms with Crippen molar-refractivity contribution in [3.63, 3.8) is 0 Å². The lowest BCUT2D eigenvalue weighted by atomic mass is 10.1. The molecule has 1 aromatic carbocycles. The first-order valence-corrected chi connectivity index (χ1v) is 6.54. The van der Waals surface area contributed by atoms with E-state index in [1.807, 2.05) is 18.2 Å². The summed E-state index contributed by atoms with van der Waals surface area (Å²) in [4.78, 5) is 10.9. The Morgan fingerprint density at radius 1 is 1.42 bits per heavy atom. The van der Waals surface area contributed by atoms with Gasteiger partial charge in [0.2, 0.25) is 0 Å². The number of hydrogen-bond donors (Lipinski definition) is 0. The maximum atomic E-state index is 10.9. The minimum atomic E-state index is -0.799. The molecule has 19 heavy (non-hydrogen) atoms. The molecule has 0 aliphatic carbocycles. The number of carbonyl (C=O) groups excluding carboxylic acids is 1. The van der Waals surface area contributed by atoms with Gasteiger partial charge < -0.3 is 14.2 Å². The zero-order valence-corrected chi connectivity index (χ0v) is 11.4. The van der Waals surface area contributed by atoms with Crippen molar-refractivity contribution in [1.29, 1.82) is 0 Å². The molecule has 0 N–H and O–H groups in total. The van der Waals surface area contributed by atoms with E-state index in [1.54, 1.807) is 6.92 Å². The predicted octanol–water partition coefficient (Wildman–Crippen LogP) is 2.31. The summed E-state index contributed by atoms with van der Waals surface area (Å²) in [5, 5.41) is 0. The molecular weight excluding hydrogens is 244 g/mol. The Morgan fingerprint density at radius 3 is 2.84 bits per heavy atom. The van der Waals surface area contributed by atoms with Crippen molar-refractivity contribution < 1.29 is 19.0 Å². The summed E-state index contributed by atoms with van der Waals surface area (Å²) in [7, 11) is 0. The third kappa shape index (κ3) is 4.42. The summed E-state index contributed by atoms with van der Waals surface area (Å²) in [6.07, 6.45) is 1.41. The van der Waals surface area contributed by atoms with Gasteiger partial charge in [-0.2, -0.15) is 0 Å². The minimum Gasteiger partial charge on any atom is -0.347 e. The summed E-state index contributed by atoms with van der Waals surface area (Å²) in [5.74, 6) is -0.815. The highest BCUT2D eigenvalue weighted by Gasteiger charge is 2.38. The highest BCUT2D eigenvalue weighted by Crippen LogP contribution is 2.26. The molecule has 1 fully saturated rings. The highest BCUT2D eigenvalue weighted by atomic mass is 16.8. The van der Waals surface area contributed by atoms with Gasteiger partial charge in [0.25, 0.3) is 0 Å². The lowest BCUT2D eigenvalue weighted by Gasteiger charge is -2.22. The van der Waals surface area contributed by atoms with Crippen molar-refractivity contribution in [1.82, 2.24) is 0 Å². The number of rotatable bonds is 6. The Balaban J connectivity index is 1.77. The molecule has 0 saturated carbocycles. The van der Waals surface area contributed by atoms with Gasteiger partial charge >= 0.3 is 0 Å². The van der Waals surface area contributed by atoms with Crippen LogP contribution in [-0.4, -0.2) is 31.1 Å². The van der Waals surface area contributed by atoms with Crippen LogP contribution in [0.4, 0.5) is 0 Å². The third-order valence-electron chi connectivity index (χ3n) is 3.00. The SMILES string of the molecule is CC(=O)CO[C@@]1(C)CO[C@@H](CCc2ccccc2)O1. The quantitative estimate of drug-likeness (QED) is 0.791. The van der Waals surface area contributed by atoms with Crippen LogP contribution in [0.1, 0.15) is 25.8 Å². The summed E-state index contributed by atoms with van der Waals surface area (Å²) in [6, 6.07) is 10.2. The van der Waals surface area contributed by atoms with Crippen LogP contribution in [0.15, 0.2) is 30.3 Å². The lowest BCUT2D eigenvalue weighted by Crippen LogP contribution is -2.33. The number of ether oxygens (including phenoxy) is 3. The molecule has 0 aromatic heterocycles. The Hall–Kier alpha value is -1.23. The van der Waals surface area contributed by atoms with Gasteiger partial charge in [0.15, 0.2) is 17.9 Å². The van der Waals surface area contributed by atoms with Crippen LogP contribution >= 0.6 is 0 Å². The Kier molecular flexibility index (Phi) is 4.69. The molecule has 1 heterocycles. The highest BCUT2D eigenvalue weighted by molar-refractivity contribution is 5.76. The van der Waals surface area contributed by atoms with Crippen molar-refractivity contribution >= 4 is 5.78 Å². The minimum absolute atomic E-state index is 0.0161. The topological polar surface area (TPSA) is 44.8 Å². The van der Waals surface area contributed by atoms with Crippen LogP contribution < -0.4 is 0 Å². The second kappa shape index (κ2) is 6.28. The predicted molar refractivity (Wildman–Crippen MR) is 70.6 cm³/mol. The molecule has 1 aromatic rings. The van der Waals surface area contributed by atoms with E-state index in [0.29, 0.717) is 6.61 Å². The van der Waals surface area contributed by atoms with Crippen molar-refractivity contribution in [2.45, 2.75) is 38.8 Å². The second-order valence-electron chi connectivity index (χ2n) is 5.01. The van der Waals surface area contributed by atoms with Crippen LogP contribution in [0.3, 0.4) is 0 Å². The smallest absolute Gasteiger partial charge is 0.192 e. The zero-order chi connectivity index (χ0) is 13.7. The Labute approximate surface area is 113 Å². The van der Waals surface area contributed by atoms with E-state index in [1.165, 1.54) is 12.5 Å². The fourth-order valence-electron chi connectivity index (χ4n) is 1.99. The molecule has 0 radical (unpaired) electrons. The standard InChI is InChI=1S/C15H20O4/c1-12(16)10-18-15(2)11-17-14(19-15)9-8-13-6-4-3-5-7-13/h3-7,14H,8-11H2,1-2H3/t14-,15-/m1/s1. The number of aryl methyl sites for hydroxylation is 1. The van der Waals surface area contributed by atoms with Gasteiger partial charge in [-0.1, -0.05) is 30.3 Å². The molecule has 0 spiro atoms. The molecule has 1 saturated heterocycles. The average Bonchev–Trinajstić information content (AvgIpc) is 2.78. The number of hydrogen-bond acceptors (Lipinski definition) is 4. The maximum absolute atomic E-state index is 10.9. The molecule has 2 atom stereocenters. The number of carbonyl (C=O) groups is 1. The van der Waals surface area contributed by atoms with Crippen molar-refractivity contribution in [2.75, 3.05) is 13.2 Å². The van der Waals surface area contributed by atoms with E-state index in [4.69, 9.17) is 14.2 Å². The first-order valence-electron chi connectivity index (χ1n) is 6.54. The largest absolute Gasteiger partial charge is 0.347 e. The van der Waals surface area contributed by atoms with Crippen LogP contribution in [0.5, 0.6) is 0 Å². The fraction of sp³-hybridized carbons (Fsp3) is 0.533. The van der Waals surface area contributed by atoms with E-state index in [2.05, 4.69) is 12.1 Å². The maximum Gasteiger partial charge on any atom is 0.192 e. The van der Waals surface area contributed by atoms with E-state index >= 15 is 0 Å². The van der Waals surface area contributed by atoms with E-state index in [9.17, 15) is 4.79 Å². The summed E-state index contributed by atoms with van der Waals surface area (Å²) in [5.41, 5.74) is 1.26. The first-order chi connectivity index (χ1) is 9.07. The van der Waals surface area contributed by atoms with Crippen LogP contribution in [-0.2, 0) is 25.4 Å². The fourth-order valence-corrected chi connectivity index (χ4v) is 1.99. The average molecular weight is 264 g/mol.